The lowest BCUT2D eigenvalue weighted by Crippen LogP contribution is -2.44. The summed E-state index contributed by atoms with van der Waals surface area (Å²) in [6, 6.07) is -1.06. The first-order chi connectivity index (χ1) is 10.8. The van der Waals surface area contributed by atoms with E-state index in [1.165, 1.54) is 6.92 Å². The third kappa shape index (κ3) is 3.66. The van der Waals surface area contributed by atoms with Gasteiger partial charge in [0.25, 0.3) is 5.91 Å². The molecular weight excluding hydrogens is 306 g/mol. The summed E-state index contributed by atoms with van der Waals surface area (Å²) < 4.78 is 4.82. The Bertz CT molecular complexity index is 537. The molecule has 0 radical (unpaired) electrons. The van der Waals surface area contributed by atoms with Crippen molar-refractivity contribution in [3.05, 3.63) is 0 Å². The van der Waals surface area contributed by atoms with Crippen molar-refractivity contribution < 1.29 is 28.7 Å². The fourth-order valence-electron chi connectivity index (χ4n) is 3.03. The topological polar surface area (TPSA) is 136 Å². The number of likely N-dealkylation sites (tertiary alicyclic amines) is 1. The van der Waals surface area contributed by atoms with Crippen LogP contribution in [0.2, 0.25) is 0 Å². The number of carbonyl (C=O) groups excluding carboxylic acids is 5. The van der Waals surface area contributed by atoms with Gasteiger partial charge in [0.1, 0.15) is 6.54 Å². The number of nitrogens with two attached hydrogens (primary N) is 1. The molecule has 23 heavy (non-hydrogen) atoms. The number of rotatable bonds is 4. The Kier molecular flexibility index (Phi) is 4.97. The van der Waals surface area contributed by atoms with Gasteiger partial charge in [0.2, 0.25) is 11.8 Å². The van der Waals surface area contributed by atoms with Gasteiger partial charge in [-0.2, -0.15) is 0 Å². The number of amides is 5. The summed E-state index contributed by atoms with van der Waals surface area (Å²) in [7, 11) is 0. The molecule has 2 fully saturated rings. The fraction of sp³-hybridized carbons (Fsp3) is 0.643. The third-order valence-electron chi connectivity index (χ3n) is 4.14. The molecule has 3 N–H and O–H groups in total. The van der Waals surface area contributed by atoms with Crippen LogP contribution in [0.4, 0.5) is 4.79 Å². The Morgan fingerprint density at radius 1 is 1.22 bits per heavy atom. The van der Waals surface area contributed by atoms with E-state index in [0.717, 1.165) is 17.7 Å². The molecule has 0 unspecified atom stereocenters. The molecule has 9 heteroatoms. The van der Waals surface area contributed by atoms with Gasteiger partial charge in [-0.15, -0.1) is 0 Å². The summed E-state index contributed by atoms with van der Waals surface area (Å²) in [5, 5.41) is 1.77. The zero-order chi connectivity index (χ0) is 17.1. The summed E-state index contributed by atoms with van der Waals surface area (Å²) in [5.41, 5.74) is 4.79. The number of ether oxygens (including phenoxy) is 1. The molecule has 1 saturated carbocycles. The minimum Gasteiger partial charge on any atom is -0.451 e. The average Bonchev–Trinajstić information content (AvgIpc) is 2.72. The second-order valence-electron chi connectivity index (χ2n) is 5.75. The van der Waals surface area contributed by atoms with Crippen molar-refractivity contribution in [3.8, 4) is 0 Å². The van der Waals surface area contributed by atoms with Crippen LogP contribution in [0.15, 0.2) is 0 Å². The maximum Gasteiger partial charge on any atom is 0.326 e. The minimum absolute atomic E-state index is 0.348. The van der Waals surface area contributed by atoms with Crippen molar-refractivity contribution in [2.24, 2.45) is 17.6 Å². The summed E-state index contributed by atoms with van der Waals surface area (Å²) in [6.45, 7) is 0.725. The van der Waals surface area contributed by atoms with Crippen LogP contribution in [0, 0.1) is 11.8 Å². The molecule has 1 saturated heterocycles. The van der Waals surface area contributed by atoms with E-state index in [9.17, 15) is 24.0 Å². The SMILES string of the molecule is C[C@@H](OC(=O)CN1C(=O)[C@H]2CCCC[C@H]2C1=O)C(=O)NC(N)=O. The van der Waals surface area contributed by atoms with Crippen LogP contribution in [0.25, 0.3) is 0 Å². The zero-order valence-electron chi connectivity index (χ0n) is 12.7. The Balaban J connectivity index is 1.92. The molecule has 3 atom stereocenters. The highest BCUT2D eigenvalue weighted by Crippen LogP contribution is 2.37. The van der Waals surface area contributed by atoms with Crippen molar-refractivity contribution >= 4 is 29.7 Å². The molecule has 0 aromatic carbocycles. The number of esters is 1. The minimum atomic E-state index is -1.26. The van der Waals surface area contributed by atoms with Crippen molar-refractivity contribution in [1.82, 2.24) is 10.2 Å². The van der Waals surface area contributed by atoms with Gasteiger partial charge in [-0.05, 0) is 19.8 Å². The van der Waals surface area contributed by atoms with Crippen molar-refractivity contribution in [3.63, 3.8) is 0 Å². The lowest BCUT2D eigenvalue weighted by atomic mass is 9.81. The average molecular weight is 325 g/mol. The van der Waals surface area contributed by atoms with Crippen LogP contribution in [0.3, 0.4) is 0 Å². The highest BCUT2D eigenvalue weighted by molar-refractivity contribution is 6.07. The van der Waals surface area contributed by atoms with E-state index in [1.54, 1.807) is 5.32 Å². The second kappa shape index (κ2) is 6.76. The fourth-order valence-corrected chi connectivity index (χ4v) is 3.03. The normalized spacial score (nSPS) is 24.8. The lowest BCUT2D eigenvalue weighted by Gasteiger charge is -2.19. The number of carbonyl (C=O) groups is 5. The number of primary amides is 1. The van der Waals surface area contributed by atoms with Gasteiger partial charge in [0.15, 0.2) is 6.10 Å². The standard InChI is InChI=1S/C14H19N3O6/c1-7(11(19)16-14(15)22)23-10(18)6-17-12(20)8-4-2-3-5-9(8)13(17)21/h7-9H,2-6H2,1H3,(H3,15,16,19,22)/t7-,8-,9+/m1/s1. The van der Waals surface area contributed by atoms with E-state index in [0.29, 0.717) is 12.8 Å². The van der Waals surface area contributed by atoms with Crippen molar-refractivity contribution in [2.45, 2.75) is 38.7 Å². The van der Waals surface area contributed by atoms with E-state index < -0.39 is 30.6 Å². The predicted octanol–water partition coefficient (Wildman–Crippen LogP) is -0.712. The van der Waals surface area contributed by atoms with Crippen molar-refractivity contribution in [1.29, 1.82) is 0 Å². The second-order valence-corrected chi connectivity index (χ2v) is 5.75. The monoisotopic (exact) mass is 325 g/mol. The number of nitrogens with one attached hydrogen (secondary N) is 1. The van der Waals surface area contributed by atoms with Crippen LogP contribution in [0.5, 0.6) is 0 Å². The molecule has 9 nitrogen and oxygen atoms in total. The summed E-state index contributed by atoms with van der Waals surface area (Å²) in [6.07, 6.45) is 1.83. The van der Waals surface area contributed by atoms with Crippen LogP contribution in [0.1, 0.15) is 32.6 Å². The molecule has 0 spiro atoms. The Morgan fingerprint density at radius 3 is 2.22 bits per heavy atom. The first-order valence-electron chi connectivity index (χ1n) is 7.46. The van der Waals surface area contributed by atoms with Crippen LogP contribution >= 0.6 is 0 Å². The van der Waals surface area contributed by atoms with E-state index in [-0.39, 0.29) is 23.7 Å². The molecule has 2 aliphatic rings. The number of fused-ring (bicyclic) bond motifs is 1. The van der Waals surface area contributed by atoms with Gasteiger partial charge in [-0.1, -0.05) is 12.8 Å². The van der Waals surface area contributed by atoms with Crippen LogP contribution in [-0.4, -0.2) is 47.3 Å². The number of hydrogen-bond donors (Lipinski definition) is 2. The smallest absolute Gasteiger partial charge is 0.326 e. The quantitative estimate of drug-likeness (QED) is 0.517. The van der Waals surface area contributed by atoms with Gasteiger partial charge in [0, 0.05) is 0 Å². The molecule has 126 valence electrons. The van der Waals surface area contributed by atoms with Crippen LogP contribution in [-0.2, 0) is 23.9 Å². The van der Waals surface area contributed by atoms with Gasteiger partial charge in [-0.3, -0.25) is 29.4 Å². The highest BCUT2D eigenvalue weighted by atomic mass is 16.5. The summed E-state index contributed by atoms with van der Waals surface area (Å²) in [4.78, 5) is 59.1. The largest absolute Gasteiger partial charge is 0.451 e. The number of urea groups is 1. The third-order valence-corrected chi connectivity index (χ3v) is 4.14. The molecule has 1 aliphatic heterocycles. The van der Waals surface area contributed by atoms with Gasteiger partial charge >= 0.3 is 12.0 Å². The maximum atomic E-state index is 12.2. The molecular formula is C14H19N3O6. The number of hydrogen-bond acceptors (Lipinski definition) is 6. The number of imide groups is 2. The first-order valence-corrected chi connectivity index (χ1v) is 7.46. The van der Waals surface area contributed by atoms with E-state index in [2.05, 4.69) is 0 Å². The Labute approximate surface area is 132 Å². The van der Waals surface area contributed by atoms with Gasteiger partial charge < -0.3 is 10.5 Å². The zero-order valence-corrected chi connectivity index (χ0v) is 12.7. The molecule has 0 aromatic rings. The molecule has 2 rings (SSSR count). The summed E-state index contributed by atoms with van der Waals surface area (Å²) in [5.74, 6) is -3.17. The number of nitrogens with zero attached hydrogens (tertiary/aromatic N) is 1. The van der Waals surface area contributed by atoms with E-state index in [4.69, 9.17) is 10.5 Å². The molecule has 0 bridgehead atoms. The predicted molar refractivity (Wildman–Crippen MR) is 75.4 cm³/mol. The Morgan fingerprint density at radius 2 is 1.74 bits per heavy atom. The molecule has 5 amide bonds. The maximum absolute atomic E-state index is 12.2. The molecule has 1 heterocycles. The first kappa shape index (κ1) is 16.9. The van der Waals surface area contributed by atoms with Gasteiger partial charge in [0.05, 0.1) is 11.8 Å². The Hall–Kier alpha value is -2.45. The highest BCUT2D eigenvalue weighted by Gasteiger charge is 2.48. The van der Waals surface area contributed by atoms with Gasteiger partial charge in [-0.25, -0.2) is 4.79 Å². The van der Waals surface area contributed by atoms with E-state index >= 15 is 0 Å². The molecule has 0 aromatic heterocycles. The lowest BCUT2D eigenvalue weighted by molar-refractivity contribution is -0.159. The summed E-state index contributed by atoms with van der Waals surface area (Å²) >= 11 is 0. The van der Waals surface area contributed by atoms with E-state index in [1.807, 2.05) is 0 Å². The molecule has 1 aliphatic carbocycles. The van der Waals surface area contributed by atoms with Crippen LogP contribution < -0.4 is 11.1 Å². The van der Waals surface area contributed by atoms with Crippen molar-refractivity contribution in [2.75, 3.05) is 6.54 Å².